The second-order valence-electron chi connectivity index (χ2n) is 39.7. The highest BCUT2D eigenvalue weighted by atomic mass is 35.5. The lowest BCUT2D eigenvalue weighted by Gasteiger charge is -2.28. The zero-order chi connectivity index (χ0) is 106. The first-order chi connectivity index (χ1) is 72.6. The molecule has 0 aromatic heterocycles. The van der Waals surface area contributed by atoms with Crippen molar-refractivity contribution in [1.29, 1.82) is 0 Å². The highest BCUT2D eigenvalue weighted by Gasteiger charge is 2.23. The first-order valence-corrected chi connectivity index (χ1v) is 55.8. The van der Waals surface area contributed by atoms with Gasteiger partial charge in [-0.1, -0.05) is 497 Å². The van der Waals surface area contributed by atoms with E-state index < -0.39 is 0 Å². The minimum Gasteiger partial charge on any atom is -0.206 e. The molecule has 1 fully saturated rings. The Bertz CT molecular complexity index is 6810. The van der Waals surface area contributed by atoms with Crippen molar-refractivity contribution in [2.24, 2.45) is 5.92 Å². The molecule has 0 spiro atoms. The van der Waals surface area contributed by atoms with Gasteiger partial charge < -0.3 is 0 Å². The van der Waals surface area contributed by atoms with Gasteiger partial charge in [-0.25, -0.2) is 22.0 Å². The van der Waals surface area contributed by atoms with Crippen LogP contribution >= 0.6 is 23.2 Å². The minimum absolute atomic E-state index is 0. The minimum atomic E-state index is -0.171. The van der Waals surface area contributed by atoms with Crippen molar-refractivity contribution >= 4 is 23.2 Å². The molecule has 772 valence electrons. The van der Waals surface area contributed by atoms with Crippen LogP contribution in [0.1, 0.15) is 253 Å². The van der Waals surface area contributed by atoms with E-state index in [-0.39, 0.29) is 30.5 Å². The Morgan fingerprint density at radius 2 is 0.423 bits per heavy atom. The van der Waals surface area contributed by atoms with Gasteiger partial charge in [0.25, 0.3) is 0 Å². The molecule has 0 amide bonds. The Balaban J connectivity index is 0.000000167. The summed E-state index contributed by atoms with van der Waals surface area (Å²) in [4.78, 5) is 0. The lowest BCUT2D eigenvalue weighted by molar-refractivity contribution is 0.308. The maximum Gasteiger partial charge on any atom is 0.131 e. The fourth-order valence-corrected chi connectivity index (χ4v) is 19.6. The summed E-state index contributed by atoms with van der Waals surface area (Å²) in [6.45, 7) is 26.1. The third kappa shape index (κ3) is 35.6. The highest BCUT2D eigenvalue weighted by Crippen LogP contribution is 2.40. The molecule has 0 aliphatic heterocycles. The number of benzene rings is 17. The zero-order valence-electron chi connectivity index (χ0n) is 90.1. The Hall–Kier alpha value is -13.0. The molecule has 0 unspecified atom stereocenters. The van der Waals surface area contributed by atoms with Crippen LogP contribution in [0, 0.1) is 41.9 Å². The van der Waals surface area contributed by atoms with E-state index in [0.29, 0.717) is 32.8 Å². The Kier molecular flexibility index (Phi) is 47.1. The molecule has 0 heterocycles. The van der Waals surface area contributed by atoms with Crippen LogP contribution in [-0.2, 0) is 64.2 Å². The largest absolute Gasteiger partial charge is 0.206 e. The van der Waals surface area contributed by atoms with Crippen LogP contribution in [0.15, 0.2) is 382 Å². The number of unbranched alkanes of at least 4 members (excludes halogenated alkanes) is 3. The Morgan fingerprint density at radius 1 is 0.201 bits per heavy atom. The smallest absolute Gasteiger partial charge is 0.131 e. The summed E-state index contributed by atoms with van der Waals surface area (Å²) in [5.41, 5.74) is 34.1. The van der Waals surface area contributed by atoms with Crippen molar-refractivity contribution in [3.8, 4) is 111 Å². The van der Waals surface area contributed by atoms with Gasteiger partial charge in [-0.15, -0.1) is 0 Å². The fourth-order valence-electron chi connectivity index (χ4n) is 19.3. The van der Waals surface area contributed by atoms with Crippen molar-refractivity contribution in [2.45, 2.75) is 256 Å². The van der Waals surface area contributed by atoms with E-state index in [1.165, 1.54) is 156 Å². The molecule has 149 heavy (non-hydrogen) atoms. The predicted octanol–water partition coefficient (Wildman–Crippen LogP) is 43.6. The summed E-state index contributed by atoms with van der Waals surface area (Å²) >= 11 is 11.7. The molecule has 1 saturated carbocycles. The molecule has 1 aliphatic carbocycles. The number of hydrogen-bond acceptors (Lipinski definition) is 0. The first-order valence-electron chi connectivity index (χ1n) is 55.0. The number of aryl methyl sites for hydroxylation is 11. The monoisotopic (exact) mass is 2030 g/mol. The van der Waals surface area contributed by atoms with Crippen molar-refractivity contribution in [2.75, 3.05) is 0 Å². The van der Waals surface area contributed by atoms with Crippen molar-refractivity contribution in [3.63, 3.8) is 0 Å². The van der Waals surface area contributed by atoms with Crippen LogP contribution in [0.5, 0.6) is 0 Å². The summed E-state index contributed by atoms with van der Waals surface area (Å²) in [7, 11) is 0. The molecule has 0 N–H and O–H groups in total. The van der Waals surface area contributed by atoms with Gasteiger partial charge >= 0.3 is 0 Å². The second kappa shape index (κ2) is 61.2. The molecule has 0 radical (unpaired) electrons. The molecule has 17 aromatic carbocycles. The number of rotatable bonds is 33. The van der Waals surface area contributed by atoms with E-state index in [0.717, 1.165) is 178 Å². The van der Waals surface area contributed by atoms with E-state index in [9.17, 15) is 22.0 Å². The molecular formula is C142H155Cl2F5. The number of hydrogen-bond donors (Lipinski definition) is 0. The van der Waals surface area contributed by atoms with Gasteiger partial charge in [0.15, 0.2) is 0 Å². The third-order valence-corrected chi connectivity index (χ3v) is 28.8. The molecule has 0 bridgehead atoms. The molecule has 1 aliphatic rings. The molecule has 7 heteroatoms. The quantitative estimate of drug-likeness (QED) is 0.0284. The van der Waals surface area contributed by atoms with Crippen LogP contribution in [0.4, 0.5) is 22.0 Å². The zero-order valence-corrected chi connectivity index (χ0v) is 91.6. The predicted molar refractivity (Wildman–Crippen MR) is 636 cm³/mol. The van der Waals surface area contributed by atoms with E-state index in [2.05, 4.69) is 289 Å². The number of halogens is 7. The molecular weight excluding hydrogens is 1870 g/mol. The van der Waals surface area contributed by atoms with Gasteiger partial charge in [0.05, 0.1) is 0 Å². The van der Waals surface area contributed by atoms with E-state index in [1.807, 2.05) is 133 Å². The van der Waals surface area contributed by atoms with Crippen LogP contribution < -0.4 is 0 Å². The average molecular weight is 2030 g/mol. The SMILES string of the molecule is CCCC1CCC(c2ccc(Cl)cc2)CC1.CCCCCc1ccc(-c2ccc(-c3ccc(CC)cc3)cc2F)cc1.CCCCc1ccc(-c2ccc(-c3ccc(CC)cc3)cc2F)cc1.CCCc1ccc(-c2ccc(-c3ccc(CC)cc3)cc2F)cc1.CCCc1ccc(-c2ccc(-c3ccc(CCC)cc3)c(F)c2)cc1.CCCc1ccc(-c2ccc(C)cc2)cc1.CCCc1ccc(-c2ccc(Cl)cc2)c(F)c1.[HH]. The molecule has 0 saturated heterocycles. The first kappa shape index (κ1) is 115. The topological polar surface area (TPSA) is 0 Å². The van der Waals surface area contributed by atoms with E-state index >= 15 is 0 Å². The van der Waals surface area contributed by atoms with Gasteiger partial charge in [0.2, 0.25) is 0 Å². The maximum absolute atomic E-state index is 14.7. The van der Waals surface area contributed by atoms with Crippen molar-refractivity contribution in [3.05, 3.63) is 488 Å². The summed E-state index contributed by atoms with van der Waals surface area (Å²) in [5.74, 6) is 0.935. The lowest BCUT2D eigenvalue weighted by atomic mass is 9.77. The van der Waals surface area contributed by atoms with Crippen molar-refractivity contribution in [1.82, 2.24) is 0 Å². The van der Waals surface area contributed by atoms with Crippen molar-refractivity contribution < 1.29 is 23.4 Å². The second-order valence-corrected chi connectivity index (χ2v) is 40.5. The molecule has 18 rings (SSSR count). The normalized spacial score (nSPS) is 12.3. The Morgan fingerprint density at radius 3 is 0.691 bits per heavy atom. The lowest BCUT2D eigenvalue weighted by Crippen LogP contribution is -2.13. The summed E-state index contributed by atoms with van der Waals surface area (Å²) in [5, 5.41) is 1.51. The van der Waals surface area contributed by atoms with Crippen LogP contribution in [-0.4, -0.2) is 0 Å². The van der Waals surface area contributed by atoms with Gasteiger partial charge in [-0.2, -0.15) is 0 Å². The highest BCUT2D eigenvalue weighted by molar-refractivity contribution is 6.31. The van der Waals surface area contributed by atoms with E-state index in [1.54, 1.807) is 42.5 Å². The summed E-state index contributed by atoms with van der Waals surface area (Å²) in [6, 6.07) is 127. The van der Waals surface area contributed by atoms with Crippen LogP contribution in [0.3, 0.4) is 0 Å². The fraction of sp³-hybridized carbons (Fsp3) is 0.282. The van der Waals surface area contributed by atoms with Gasteiger partial charge in [0.1, 0.15) is 29.1 Å². The summed E-state index contributed by atoms with van der Waals surface area (Å²) in [6.07, 6.45) is 30.6. The standard InChI is InChI=1S/C25H27F.2C24H25F.C23H23F.C16H18.C15H14ClF.C15H21Cl.H2/c1-3-5-6-7-20-10-14-22(15-11-20)24-17-16-23(18-25(24)26)21-12-8-19(4-2)9-13-21;1-3-5-6-19-9-13-21(14-10-19)23-16-15-22(17-24(23)25)20-11-7-18(4-2)8-12-20;1-3-5-18-7-11-20(12-8-18)22-15-16-23(24(25)17-22)21-13-9-19(6-4-2)10-14-21;1-3-5-18-8-12-20(13-9-18)22-15-14-21(16-23(22)24)19-10-6-17(4-2)7-11-19;1-3-4-14-7-11-16(12-8-14)15-9-5-13(2)6-10-15;1-2-3-11-4-9-14(15(17)10-11)12-5-7-13(16)8-6-12;1-2-3-12-4-6-13(7-5-12)14-8-10-15(16)11-9-14;/h8-18H,3-7H2,1-2H3;2*7-17H,3-6H2,1-2H3;6-16H,3-5H2,1-2H3;5-12H,3-4H2,1-2H3;4-10H,2-3H2,1H3;8-13H,2-7H2,1H3;1H. The van der Waals surface area contributed by atoms with Gasteiger partial charge in [-0.3, -0.25) is 0 Å². The van der Waals surface area contributed by atoms with Gasteiger partial charge in [-0.05, 0) is 321 Å². The Labute approximate surface area is 901 Å². The molecule has 0 nitrogen and oxygen atoms in total. The van der Waals surface area contributed by atoms with Crippen LogP contribution in [0.25, 0.3) is 111 Å². The third-order valence-electron chi connectivity index (χ3n) is 28.3. The van der Waals surface area contributed by atoms with E-state index in [4.69, 9.17) is 23.2 Å². The average Bonchev–Trinajstić information content (AvgIpc) is 0.830. The van der Waals surface area contributed by atoms with Gasteiger partial charge in [0, 0.05) is 39.3 Å². The molecule has 17 aromatic rings. The summed E-state index contributed by atoms with van der Waals surface area (Å²) < 4.78 is 72.6. The molecule has 0 atom stereocenters. The van der Waals surface area contributed by atoms with Crippen LogP contribution in [0.2, 0.25) is 10.0 Å². The maximum atomic E-state index is 14.7.